The highest BCUT2D eigenvalue weighted by molar-refractivity contribution is 5.41. The van der Waals surface area contributed by atoms with E-state index in [0.717, 1.165) is 5.75 Å². The highest BCUT2D eigenvalue weighted by Crippen LogP contribution is 2.53. The number of hydrogen-bond acceptors (Lipinski definition) is 2. The van der Waals surface area contributed by atoms with Crippen LogP contribution >= 0.6 is 0 Å². The fraction of sp³-hybridized carbons (Fsp3) is 0.333. The number of phenolic OH excluding ortho intramolecular Hbond substituents is 1. The van der Waals surface area contributed by atoms with Crippen molar-refractivity contribution in [3.8, 4) is 11.5 Å². The fourth-order valence-corrected chi connectivity index (χ4v) is 3.83. The summed E-state index contributed by atoms with van der Waals surface area (Å²) >= 11 is 0. The fourth-order valence-electron chi connectivity index (χ4n) is 3.83. The summed E-state index contributed by atoms with van der Waals surface area (Å²) in [7, 11) is 0. The zero-order chi connectivity index (χ0) is 13.5. The second-order valence-corrected chi connectivity index (χ2v) is 5.87. The van der Waals surface area contributed by atoms with Crippen molar-refractivity contribution >= 4 is 0 Å². The molecule has 0 saturated heterocycles. The maximum absolute atomic E-state index is 9.46. The van der Waals surface area contributed by atoms with E-state index in [4.69, 9.17) is 4.74 Å². The highest BCUT2D eigenvalue weighted by Gasteiger charge is 2.41. The summed E-state index contributed by atoms with van der Waals surface area (Å²) in [4.78, 5) is 0. The summed E-state index contributed by atoms with van der Waals surface area (Å²) in [5, 5.41) is 9.46. The molecular weight excluding hydrogens is 248 g/mol. The number of ether oxygens (including phenoxy) is 1. The van der Waals surface area contributed by atoms with Gasteiger partial charge in [-0.15, -0.1) is 0 Å². The van der Waals surface area contributed by atoms with E-state index in [1.807, 2.05) is 18.2 Å². The van der Waals surface area contributed by atoms with Crippen molar-refractivity contribution in [1.29, 1.82) is 0 Å². The first-order valence-electron chi connectivity index (χ1n) is 7.37. The van der Waals surface area contributed by atoms with Crippen LogP contribution in [-0.4, -0.2) is 5.11 Å². The molecule has 1 aliphatic carbocycles. The molecule has 0 amide bonds. The Bertz CT molecular complexity index is 618. The Kier molecular flexibility index (Phi) is 2.69. The molecule has 2 aromatic rings. The first-order chi connectivity index (χ1) is 9.83. The molecular formula is C18H18O2. The quantitative estimate of drug-likeness (QED) is 0.828. The van der Waals surface area contributed by atoms with E-state index in [0.29, 0.717) is 17.6 Å². The lowest BCUT2D eigenvalue weighted by Crippen LogP contribution is -2.26. The van der Waals surface area contributed by atoms with Gasteiger partial charge in [-0.2, -0.15) is 0 Å². The van der Waals surface area contributed by atoms with Crippen LogP contribution in [0.1, 0.15) is 42.4 Å². The van der Waals surface area contributed by atoms with Gasteiger partial charge in [0.25, 0.3) is 0 Å². The molecule has 1 aliphatic heterocycles. The number of fused-ring (bicyclic) bond motifs is 3. The molecule has 2 nitrogen and oxygen atoms in total. The van der Waals surface area contributed by atoms with Crippen LogP contribution < -0.4 is 4.74 Å². The van der Waals surface area contributed by atoms with Crippen molar-refractivity contribution < 1.29 is 9.84 Å². The smallest absolute Gasteiger partial charge is 0.127 e. The SMILES string of the molecule is Oc1ccc([C@@H]2Oc3ccccc3[C@H]3CCC[C@@H]32)cc1. The maximum atomic E-state index is 9.46. The van der Waals surface area contributed by atoms with E-state index in [2.05, 4.69) is 18.2 Å². The second-order valence-electron chi connectivity index (χ2n) is 5.87. The summed E-state index contributed by atoms with van der Waals surface area (Å²) in [5.41, 5.74) is 2.55. The standard InChI is InChI=1S/C18H18O2/c19-13-10-8-12(9-11-13)18-16-6-3-5-14(16)15-4-1-2-7-17(15)20-18/h1-2,4,7-11,14,16,18-19H,3,5-6H2/t14-,16+,18+/m1/s1. The molecule has 0 radical (unpaired) electrons. The lowest BCUT2D eigenvalue weighted by molar-refractivity contribution is 0.104. The predicted octanol–water partition coefficient (Wildman–Crippen LogP) is 4.41. The van der Waals surface area contributed by atoms with Crippen LogP contribution in [0, 0.1) is 5.92 Å². The molecule has 20 heavy (non-hydrogen) atoms. The van der Waals surface area contributed by atoms with Crippen molar-refractivity contribution in [1.82, 2.24) is 0 Å². The maximum Gasteiger partial charge on any atom is 0.127 e. The van der Waals surface area contributed by atoms with Gasteiger partial charge in [0.2, 0.25) is 0 Å². The number of aromatic hydroxyl groups is 1. The number of benzene rings is 2. The minimum atomic E-state index is 0.123. The van der Waals surface area contributed by atoms with E-state index in [1.54, 1.807) is 12.1 Å². The lowest BCUT2D eigenvalue weighted by atomic mass is 9.80. The Morgan fingerprint density at radius 3 is 2.60 bits per heavy atom. The monoisotopic (exact) mass is 266 g/mol. The van der Waals surface area contributed by atoms with Gasteiger partial charge in [-0.1, -0.05) is 36.8 Å². The van der Waals surface area contributed by atoms with Gasteiger partial charge in [-0.3, -0.25) is 0 Å². The molecule has 1 fully saturated rings. The van der Waals surface area contributed by atoms with Crippen LogP contribution in [0.4, 0.5) is 0 Å². The van der Waals surface area contributed by atoms with Crippen molar-refractivity contribution in [2.45, 2.75) is 31.3 Å². The van der Waals surface area contributed by atoms with Gasteiger partial charge < -0.3 is 9.84 Å². The molecule has 0 unspecified atom stereocenters. The van der Waals surface area contributed by atoms with Gasteiger partial charge in [0, 0.05) is 5.92 Å². The normalized spacial score (nSPS) is 27.5. The third-order valence-electron chi connectivity index (χ3n) is 4.75. The average Bonchev–Trinajstić information content (AvgIpc) is 2.97. The first-order valence-corrected chi connectivity index (χ1v) is 7.37. The minimum Gasteiger partial charge on any atom is -0.508 e. The van der Waals surface area contributed by atoms with Crippen LogP contribution in [0.2, 0.25) is 0 Å². The highest BCUT2D eigenvalue weighted by atomic mass is 16.5. The van der Waals surface area contributed by atoms with E-state index < -0.39 is 0 Å². The predicted molar refractivity (Wildman–Crippen MR) is 78.0 cm³/mol. The molecule has 102 valence electrons. The molecule has 0 aromatic heterocycles. The zero-order valence-corrected chi connectivity index (χ0v) is 11.3. The number of phenols is 1. The number of para-hydroxylation sites is 1. The molecule has 4 rings (SSSR count). The van der Waals surface area contributed by atoms with Crippen molar-refractivity contribution in [3.05, 3.63) is 59.7 Å². The van der Waals surface area contributed by atoms with Gasteiger partial charge >= 0.3 is 0 Å². The first kappa shape index (κ1) is 11.8. The Hall–Kier alpha value is -1.96. The van der Waals surface area contributed by atoms with Crippen molar-refractivity contribution in [2.75, 3.05) is 0 Å². The lowest BCUT2D eigenvalue weighted by Gasteiger charge is -2.36. The van der Waals surface area contributed by atoms with E-state index in [1.165, 1.54) is 30.4 Å². The molecule has 1 saturated carbocycles. The molecule has 1 heterocycles. The second kappa shape index (κ2) is 4.55. The van der Waals surface area contributed by atoms with Crippen molar-refractivity contribution in [3.63, 3.8) is 0 Å². The zero-order valence-electron chi connectivity index (χ0n) is 11.3. The van der Waals surface area contributed by atoms with Gasteiger partial charge in [-0.25, -0.2) is 0 Å². The molecule has 2 heteroatoms. The Morgan fingerprint density at radius 1 is 0.950 bits per heavy atom. The van der Waals surface area contributed by atoms with Gasteiger partial charge in [0.05, 0.1) is 0 Å². The summed E-state index contributed by atoms with van der Waals surface area (Å²) < 4.78 is 6.29. The van der Waals surface area contributed by atoms with E-state index in [-0.39, 0.29) is 6.10 Å². The Balaban J connectivity index is 1.76. The van der Waals surface area contributed by atoms with Gasteiger partial charge in [-0.05, 0) is 48.1 Å². The average molecular weight is 266 g/mol. The van der Waals surface area contributed by atoms with Gasteiger partial charge in [0.1, 0.15) is 17.6 Å². The number of hydrogen-bond donors (Lipinski definition) is 1. The summed E-state index contributed by atoms with van der Waals surface area (Å²) in [5.74, 6) is 2.54. The molecule has 2 aromatic carbocycles. The molecule has 2 aliphatic rings. The third-order valence-corrected chi connectivity index (χ3v) is 4.75. The Labute approximate surface area is 119 Å². The van der Waals surface area contributed by atoms with E-state index in [9.17, 15) is 5.11 Å². The molecule has 0 bridgehead atoms. The van der Waals surface area contributed by atoms with Crippen LogP contribution in [0.15, 0.2) is 48.5 Å². The third kappa shape index (κ3) is 1.79. The molecule has 1 N–H and O–H groups in total. The van der Waals surface area contributed by atoms with E-state index >= 15 is 0 Å². The summed E-state index contributed by atoms with van der Waals surface area (Å²) in [6.45, 7) is 0. The minimum absolute atomic E-state index is 0.123. The Morgan fingerprint density at radius 2 is 1.75 bits per heavy atom. The number of rotatable bonds is 1. The summed E-state index contributed by atoms with van der Waals surface area (Å²) in [6, 6.07) is 15.9. The molecule has 0 spiro atoms. The largest absolute Gasteiger partial charge is 0.508 e. The van der Waals surface area contributed by atoms with Gasteiger partial charge in [0.15, 0.2) is 0 Å². The van der Waals surface area contributed by atoms with Crippen LogP contribution in [0.5, 0.6) is 11.5 Å². The van der Waals surface area contributed by atoms with Crippen LogP contribution in [0.3, 0.4) is 0 Å². The van der Waals surface area contributed by atoms with Crippen LogP contribution in [0.25, 0.3) is 0 Å². The molecule has 3 atom stereocenters. The van der Waals surface area contributed by atoms with Crippen LogP contribution in [-0.2, 0) is 0 Å². The topological polar surface area (TPSA) is 29.5 Å². The summed E-state index contributed by atoms with van der Waals surface area (Å²) in [6.07, 6.45) is 3.89. The van der Waals surface area contributed by atoms with Crippen molar-refractivity contribution in [2.24, 2.45) is 5.92 Å².